The van der Waals surface area contributed by atoms with Crippen molar-refractivity contribution < 1.29 is 0 Å². The Morgan fingerprint density at radius 2 is 0.455 bits per heavy atom. The molecule has 0 spiro atoms. The van der Waals surface area contributed by atoms with E-state index in [2.05, 4.69) is 377 Å². The molecule has 5 heteroatoms. The molecule has 0 fully saturated rings. The molecule has 4 aromatic heterocycles. The maximum atomic E-state index is 2.63. The summed E-state index contributed by atoms with van der Waals surface area (Å²) in [6, 6.07) is 135. The van der Waals surface area contributed by atoms with Gasteiger partial charge in [-0.1, -0.05) is 297 Å². The van der Waals surface area contributed by atoms with Crippen molar-refractivity contribution in [3.05, 3.63) is 358 Å². The zero-order valence-corrected chi connectivity index (χ0v) is 54.9. The van der Waals surface area contributed by atoms with E-state index in [1.54, 1.807) is 0 Å². The first-order chi connectivity index (χ1) is 50.1. The number of para-hydroxylation sites is 4. The smallest absolute Gasteiger partial charge is 0.252 e. The van der Waals surface area contributed by atoms with Gasteiger partial charge in [-0.3, -0.25) is 0 Å². The highest BCUT2D eigenvalue weighted by Crippen LogP contribution is 2.50. The van der Waals surface area contributed by atoms with Gasteiger partial charge in [0.1, 0.15) is 0 Å². The molecule has 6 heterocycles. The molecule has 2 aliphatic heterocycles. The van der Waals surface area contributed by atoms with Crippen LogP contribution in [0.15, 0.2) is 358 Å². The van der Waals surface area contributed by atoms with Gasteiger partial charge in [0, 0.05) is 77.2 Å². The first-order valence-electron chi connectivity index (χ1n) is 35.1. The van der Waals surface area contributed by atoms with Gasteiger partial charge in [0.2, 0.25) is 0 Å². The molecule has 0 bridgehead atoms. The van der Waals surface area contributed by atoms with Crippen molar-refractivity contribution in [1.29, 1.82) is 0 Å². The summed E-state index contributed by atoms with van der Waals surface area (Å²) in [5.41, 5.74) is 24.3. The zero-order valence-electron chi connectivity index (χ0n) is 54.9. The summed E-state index contributed by atoms with van der Waals surface area (Å²) in [5.74, 6) is 0. The molecule has 0 saturated carbocycles. The summed E-state index contributed by atoms with van der Waals surface area (Å²) in [5, 5.41) is 19.2. The van der Waals surface area contributed by atoms with Gasteiger partial charge in [0.15, 0.2) is 0 Å². The molecule has 0 N–H and O–H groups in total. The quantitative estimate of drug-likeness (QED) is 0.160. The highest BCUT2D eigenvalue weighted by Gasteiger charge is 2.45. The van der Waals surface area contributed by atoms with E-state index in [0.29, 0.717) is 0 Å². The minimum absolute atomic E-state index is 0.299. The zero-order chi connectivity index (χ0) is 66.0. The molecule has 22 rings (SSSR count). The molecule has 466 valence electrons. The molecule has 0 aliphatic carbocycles. The van der Waals surface area contributed by atoms with E-state index in [1.807, 2.05) is 0 Å². The second-order valence-electron chi connectivity index (χ2n) is 27.4. The Hall–Kier alpha value is -13.2. The summed E-state index contributed by atoms with van der Waals surface area (Å²) in [4.78, 5) is 5.25. The van der Waals surface area contributed by atoms with Crippen molar-refractivity contribution in [3.63, 3.8) is 0 Å². The fraction of sp³-hybridized carbons (Fsp3) is 0. The second-order valence-corrected chi connectivity index (χ2v) is 27.4. The van der Waals surface area contributed by atoms with Crippen LogP contribution in [0, 0.1) is 0 Å². The van der Waals surface area contributed by atoms with Crippen LogP contribution in [0.5, 0.6) is 0 Å². The van der Waals surface area contributed by atoms with Gasteiger partial charge in [-0.25, -0.2) is 0 Å². The molecule has 0 amide bonds. The molecular formula is C96H59BN4. The van der Waals surface area contributed by atoms with Gasteiger partial charge in [-0.2, -0.15) is 0 Å². The number of fused-ring (bicyclic) bond motifs is 24. The average Bonchev–Trinajstić information content (AvgIpc) is 1.10. The van der Waals surface area contributed by atoms with E-state index in [-0.39, 0.29) is 6.71 Å². The molecular weight excluding hydrogens is 1220 g/mol. The highest BCUT2D eigenvalue weighted by atomic mass is 15.2. The number of anilines is 6. The lowest BCUT2D eigenvalue weighted by Crippen LogP contribution is -2.61. The normalized spacial score (nSPS) is 12.7. The molecule has 0 atom stereocenters. The van der Waals surface area contributed by atoms with Gasteiger partial charge in [-0.15, -0.1) is 0 Å². The number of nitrogens with zero attached hydrogens (tertiary/aromatic N) is 4. The summed E-state index contributed by atoms with van der Waals surface area (Å²) in [7, 11) is 0. The van der Waals surface area contributed by atoms with Gasteiger partial charge in [-0.05, 0) is 154 Å². The van der Waals surface area contributed by atoms with Gasteiger partial charge >= 0.3 is 0 Å². The van der Waals surface area contributed by atoms with Crippen molar-refractivity contribution >= 4 is 177 Å². The van der Waals surface area contributed by atoms with E-state index in [9.17, 15) is 0 Å². The van der Waals surface area contributed by atoms with E-state index >= 15 is 0 Å². The SMILES string of the molecule is c1ccc(-c2ccc(N3c4cc5c(cc4B4c6cc7c8ccccc8c8ccccc8c8cccc9c%10ccccc%10n(c7cc6N(c6ccc(-c7ccccc7)cc6)c6cc(-c7ccccc7)cc3c64)c89)c3ccccc3c3ccccc3c3cccc4c6ccccc6n5c34)cc2)cc1. The van der Waals surface area contributed by atoms with E-state index in [0.717, 1.165) is 78.4 Å². The Bertz CT molecular complexity index is 6600. The standard InChI is InChI=1S/C96H59BN4/c1-4-24-60(25-5-1)63-46-50-66(51-47-63)98-90-58-88-82(74-36-16-12-32-70(74)68-30-10-14-34-72(68)78-40-22-42-80-76-38-18-20-44-86(76)100(88)95(78)80)56-84(90)97-85-57-83-75-37-17-13-33-71(75)69-31-11-15-35-73(69)79-41-23-43-81-77-39-19-21-45-87(77)101(96(79)81)89(83)59-91(85)99(67-52-48-64(49-53-67)61-26-6-2-7-27-61)93-55-65(54-92(98)94(93)97)62-28-8-3-9-29-62/h1-59H. The van der Waals surface area contributed by atoms with Crippen molar-refractivity contribution in [1.82, 2.24) is 8.80 Å². The Kier molecular flexibility index (Phi) is 12.0. The van der Waals surface area contributed by atoms with Crippen LogP contribution in [0.4, 0.5) is 34.1 Å². The van der Waals surface area contributed by atoms with Gasteiger partial charge in [0.05, 0.1) is 33.1 Å². The van der Waals surface area contributed by atoms with Crippen LogP contribution in [0.2, 0.25) is 0 Å². The fourth-order valence-electron chi connectivity index (χ4n) is 17.9. The third-order valence-electron chi connectivity index (χ3n) is 22.2. The molecule has 4 nitrogen and oxygen atoms in total. The second kappa shape index (κ2) is 21.6. The molecule has 0 saturated heterocycles. The van der Waals surface area contributed by atoms with Crippen LogP contribution in [-0.2, 0) is 0 Å². The largest absolute Gasteiger partial charge is 0.311 e. The summed E-state index contributed by atoms with van der Waals surface area (Å²) in [6.45, 7) is -0.299. The first-order valence-corrected chi connectivity index (χ1v) is 35.1. The lowest BCUT2D eigenvalue weighted by Gasteiger charge is -2.44. The van der Waals surface area contributed by atoms with E-state index < -0.39 is 0 Å². The Morgan fingerprint density at radius 3 is 0.822 bits per heavy atom. The lowest BCUT2D eigenvalue weighted by atomic mass is 9.33. The Balaban J connectivity index is 0.972. The molecule has 2 aliphatic rings. The number of aromatic nitrogens is 2. The highest BCUT2D eigenvalue weighted by molar-refractivity contribution is 7.00. The summed E-state index contributed by atoms with van der Waals surface area (Å²) >= 11 is 0. The average molecular weight is 1280 g/mol. The summed E-state index contributed by atoms with van der Waals surface area (Å²) < 4.78 is 5.23. The van der Waals surface area contributed by atoms with Gasteiger partial charge in [0.25, 0.3) is 6.71 Å². The van der Waals surface area contributed by atoms with Crippen LogP contribution in [0.25, 0.3) is 153 Å². The molecule has 16 aromatic carbocycles. The fourth-order valence-corrected chi connectivity index (χ4v) is 17.9. The molecule has 101 heavy (non-hydrogen) atoms. The van der Waals surface area contributed by atoms with Crippen molar-refractivity contribution in [2.75, 3.05) is 9.80 Å². The number of hydrogen-bond donors (Lipinski definition) is 0. The predicted octanol–water partition coefficient (Wildman–Crippen LogP) is 23.9. The van der Waals surface area contributed by atoms with Gasteiger partial charge < -0.3 is 18.6 Å². The number of hydrogen-bond acceptors (Lipinski definition) is 2. The number of benzene rings is 16. The molecule has 20 aromatic rings. The minimum Gasteiger partial charge on any atom is -0.311 e. The Morgan fingerprint density at radius 1 is 0.178 bits per heavy atom. The molecule has 0 radical (unpaired) electrons. The lowest BCUT2D eigenvalue weighted by molar-refractivity contribution is 1.25. The third-order valence-corrected chi connectivity index (χ3v) is 22.2. The Labute approximate surface area is 582 Å². The predicted molar refractivity (Wildman–Crippen MR) is 431 cm³/mol. The maximum absolute atomic E-state index is 2.63. The third kappa shape index (κ3) is 8.14. The first kappa shape index (κ1) is 55.9. The molecule has 0 unspecified atom stereocenters. The van der Waals surface area contributed by atoms with E-state index in [4.69, 9.17) is 0 Å². The van der Waals surface area contributed by atoms with Crippen LogP contribution in [0.3, 0.4) is 0 Å². The topological polar surface area (TPSA) is 15.3 Å². The minimum atomic E-state index is -0.299. The maximum Gasteiger partial charge on any atom is 0.252 e. The van der Waals surface area contributed by atoms with Crippen LogP contribution < -0.4 is 26.2 Å². The summed E-state index contributed by atoms with van der Waals surface area (Å²) in [6.07, 6.45) is 0. The van der Waals surface area contributed by atoms with Crippen LogP contribution in [0.1, 0.15) is 0 Å². The number of rotatable bonds is 5. The van der Waals surface area contributed by atoms with Crippen molar-refractivity contribution in [2.45, 2.75) is 0 Å². The van der Waals surface area contributed by atoms with Crippen LogP contribution in [-0.4, -0.2) is 15.5 Å². The van der Waals surface area contributed by atoms with Crippen molar-refractivity contribution in [3.8, 4) is 33.4 Å². The van der Waals surface area contributed by atoms with E-state index in [1.165, 1.54) is 125 Å². The monoisotopic (exact) mass is 1280 g/mol. The van der Waals surface area contributed by atoms with Crippen molar-refractivity contribution in [2.24, 2.45) is 0 Å². The van der Waals surface area contributed by atoms with Crippen LogP contribution >= 0.6 is 0 Å².